The van der Waals surface area contributed by atoms with Gasteiger partial charge in [0.1, 0.15) is 5.01 Å². The van der Waals surface area contributed by atoms with E-state index >= 15 is 0 Å². The van der Waals surface area contributed by atoms with Gasteiger partial charge in [-0.3, -0.25) is 4.90 Å². The van der Waals surface area contributed by atoms with Gasteiger partial charge in [0, 0.05) is 25.3 Å². The third kappa shape index (κ3) is 3.01. The van der Waals surface area contributed by atoms with E-state index in [1.165, 1.54) is 24.9 Å². The standard InChI is InChI=1S/C17H22N6S/c1-21(2)14-8-6-7-13(11-14)16-20-23-15(18-19-17(23)24-16)12-22-9-4-3-5-10-22/h6-8,11H,3-5,9-10,12H2,1-2H3. The SMILES string of the molecule is CN(C)c1cccc(-c2nn3c(CN4CCCCC4)nnc3s2)c1. The maximum Gasteiger partial charge on any atom is 0.235 e. The Morgan fingerprint density at radius 3 is 2.75 bits per heavy atom. The topological polar surface area (TPSA) is 49.6 Å². The molecule has 0 radical (unpaired) electrons. The molecule has 0 N–H and O–H groups in total. The van der Waals surface area contributed by atoms with E-state index in [1.807, 2.05) is 4.52 Å². The van der Waals surface area contributed by atoms with E-state index in [0.29, 0.717) is 0 Å². The van der Waals surface area contributed by atoms with Crippen molar-refractivity contribution >= 4 is 22.0 Å². The second kappa shape index (κ2) is 6.49. The van der Waals surface area contributed by atoms with Crippen LogP contribution >= 0.6 is 11.3 Å². The molecule has 0 aliphatic carbocycles. The van der Waals surface area contributed by atoms with Crippen LogP contribution in [0.2, 0.25) is 0 Å². The first-order valence-corrected chi connectivity index (χ1v) is 9.23. The molecular formula is C17H22N6S. The van der Waals surface area contributed by atoms with Gasteiger partial charge in [-0.15, -0.1) is 10.2 Å². The van der Waals surface area contributed by atoms with Crippen molar-refractivity contribution in [3.8, 4) is 10.6 Å². The number of fused-ring (bicyclic) bond motifs is 1. The summed E-state index contributed by atoms with van der Waals surface area (Å²) in [6, 6.07) is 8.44. The van der Waals surface area contributed by atoms with Crippen LogP contribution in [0.3, 0.4) is 0 Å². The van der Waals surface area contributed by atoms with E-state index in [2.05, 4.69) is 58.4 Å². The van der Waals surface area contributed by atoms with Gasteiger partial charge in [0.25, 0.3) is 0 Å². The minimum Gasteiger partial charge on any atom is -0.378 e. The highest BCUT2D eigenvalue weighted by atomic mass is 32.1. The molecule has 1 aromatic carbocycles. The van der Waals surface area contributed by atoms with Crippen molar-refractivity contribution in [3.63, 3.8) is 0 Å². The fourth-order valence-electron chi connectivity index (χ4n) is 3.11. The van der Waals surface area contributed by atoms with Crippen LogP contribution in [0.4, 0.5) is 5.69 Å². The molecule has 1 fully saturated rings. The highest BCUT2D eigenvalue weighted by Crippen LogP contribution is 2.28. The lowest BCUT2D eigenvalue weighted by Crippen LogP contribution is -2.30. The summed E-state index contributed by atoms with van der Waals surface area (Å²) in [6.07, 6.45) is 3.90. The van der Waals surface area contributed by atoms with Gasteiger partial charge in [-0.1, -0.05) is 29.9 Å². The van der Waals surface area contributed by atoms with Crippen molar-refractivity contribution in [3.05, 3.63) is 30.1 Å². The molecule has 0 bridgehead atoms. The highest BCUT2D eigenvalue weighted by Gasteiger charge is 2.17. The summed E-state index contributed by atoms with van der Waals surface area (Å²) in [5.74, 6) is 0.943. The molecule has 7 heteroatoms. The second-order valence-corrected chi connectivity index (χ2v) is 7.46. The molecule has 0 saturated carbocycles. The molecule has 3 heterocycles. The zero-order valence-electron chi connectivity index (χ0n) is 14.1. The van der Waals surface area contributed by atoms with Gasteiger partial charge in [0.05, 0.1) is 6.54 Å². The van der Waals surface area contributed by atoms with Crippen molar-refractivity contribution in [2.45, 2.75) is 25.8 Å². The highest BCUT2D eigenvalue weighted by molar-refractivity contribution is 7.19. The first-order chi connectivity index (χ1) is 11.7. The summed E-state index contributed by atoms with van der Waals surface area (Å²) in [5, 5.41) is 14.4. The van der Waals surface area contributed by atoms with Crippen LogP contribution in [0, 0.1) is 0 Å². The number of hydrogen-bond donors (Lipinski definition) is 0. The minimum atomic E-state index is 0.835. The quantitative estimate of drug-likeness (QED) is 0.730. The average molecular weight is 342 g/mol. The Hall–Kier alpha value is -1.99. The lowest BCUT2D eigenvalue weighted by Gasteiger charge is -2.25. The molecule has 0 unspecified atom stereocenters. The Labute approximate surface area is 145 Å². The second-order valence-electron chi connectivity index (χ2n) is 6.50. The molecule has 0 atom stereocenters. The largest absolute Gasteiger partial charge is 0.378 e. The number of likely N-dealkylation sites (tertiary alicyclic amines) is 1. The van der Waals surface area contributed by atoms with Crippen molar-refractivity contribution in [1.82, 2.24) is 24.7 Å². The van der Waals surface area contributed by atoms with E-state index in [-0.39, 0.29) is 0 Å². The molecule has 0 spiro atoms. The Balaban J connectivity index is 1.63. The van der Waals surface area contributed by atoms with Gasteiger partial charge in [-0.25, -0.2) is 0 Å². The maximum atomic E-state index is 4.77. The van der Waals surface area contributed by atoms with E-state index in [1.54, 1.807) is 11.3 Å². The van der Waals surface area contributed by atoms with Crippen LogP contribution < -0.4 is 4.90 Å². The molecular weight excluding hydrogens is 320 g/mol. The normalized spacial score (nSPS) is 15.9. The number of piperidine rings is 1. The number of benzene rings is 1. The Morgan fingerprint density at radius 2 is 1.96 bits per heavy atom. The number of hydrogen-bond acceptors (Lipinski definition) is 6. The molecule has 3 aromatic rings. The van der Waals surface area contributed by atoms with Crippen LogP contribution in [0.25, 0.3) is 15.5 Å². The first kappa shape index (κ1) is 15.5. The summed E-state index contributed by atoms with van der Waals surface area (Å²) < 4.78 is 1.91. The number of aromatic nitrogens is 4. The van der Waals surface area contributed by atoms with Crippen molar-refractivity contribution in [1.29, 1.82) is 0 Å². The molecule has 1 aliphatic rings. The zero-order chi connectivity index (χ0) is 16.5. The van der Waals surface area contributed by atoms with Crippen LogP contribution in [-0.2, 0) is 6.54 Å². The predicted molar refractivity (Wildman–Crippen MR) is 97.6 cm³/mol. The van der Waals surface area contributed by atoms with Crippen molar-refractivity contribution in [2.24, 2.45) is 0 Å². The van der Waals surface area contributed by atoms with Gasteiger partial charge in [-0.2, -0.15) is 9.61 Å². The first-order valence-electron chi connectivity index (χ1n) is 8.42. The minimum absolute atomic E-state index is 0.835. The lowest BCUT2D eigenvalue weighted by atomic mass is 10.1. The van der Waals surface area contributed by atoms with E-state index in [4.69, 9.17) is 5.10 Å². The van der Waals surface area contributed by atoms with Crippen LogP contribution in [0.15, 0.2) is 24.3 Å². The molecule has 6 nitrogen and oxygen atoms in total. The number of anilines is 1. The van der Waals surface area contributed by atoms with Gasteiger partial charge in [-0.05, 0) is 38.1 Å². The summed E-state index contributed by atoms with van der Waals surface area (Å²) in [4.78, 5) is 5.42. The molecule has 1 aliphatic heterocycles. The fourth-order valence-corrected chi connectivity index (χ4v) is 3.96. The van der Waals surface area contributed by atoms with E-state index < -0.39 is 0 Å². The summed E-state index contributed by atoms with van der Waals surface area (Å²) in [6.45, 7) is 3.13. The summed E-state index contributed by atoms with van der Waals surface area (Å²) in [7, 11) is 4.10. The summed E-state index contributed by atoms with van der Waals surface area (Å²) >= 11 is 1.59. The Bertz CT molecular complexity index is 831. The third-order valence-corrected chi connectivity index (χ3v) is 5.43. The van der Waals surface area contributed by atoms with Crippen molar-refractivity contribution < 1.29 is 0 Å². The monoisotopic (exact) mass is 342 g/mol. The summed E-state index contributed by atoms with van der Waals surface area (Å²) in [5.41, 5.74) is 2.30. The van der Waals surface area contributed by atoms with Crippen LogP contribution in [0.1, 0.15) is 25.1 Å². The van der Waals surface area contributed by atoms with Crippen LogP contribution in [0.5, 0.6) is 0 Å². The van der Waals surface area contributed by atoms with Crippen molar-refractivity contribution in [2.75, 3.05) is 32.1 Å². The van der Waals surface area contributed by atoms with Gasteiger partial charge < -0.3 is 4.90 Å². The van der Waals surface area contributed by atoms with Crippen LogP contribution in [-0.4, -0.2) is 51.9 Å². The number of nitrogens with zero attached hydrogens (tertiary/aromatic N) is 6. The fraction of sp³-hybridized carbons (Fsp3) is 0.471. The van der Waals surface area contributed by atoms with E-state index in [0.717, 1.165) is 41.0 Å². The predicted octanol–water partition coefficient (Wildman–Crippen LogP) is 2.90. The average Bonchev–Trinajstić information content (AvgIpc) is 3.18. The Kier molecular flexibility index (Phi) is 4.20. The van der Waals surface area contributed by atoms with Gasteiger partial charge >= 0.3 is 0 Å². The number of rotatable bonds is 4. The molecule has 1 saturated heterocycles. The molecule has 126 valence electrons. The van der Waals surface area contributed by atoms with Gasteiger partial charge in [0.2, 0.25) is 4.96 Å². The molecule has 24 heavy (non-hydrogen) atoms. The molecule has 0 amide bonds. The smallest absolute Gasteiger partial charge is 0.235 e. The van der Waals surface area contributed by atoms with Gasteiger partial charge in [0.15, 0.2) is 5.82 Å². The third-order valence-electron chi connectivity index (χ3n) is 4.48. The zero-order valence-corrected chi connectivity index (χ0v) is 15.0. The van der Waals surface area contributed by atoms with E-state index in [9.17, 15) is 0 Å². The maximum absolute atomic E-state index is 4.77. The molecule has 4 rings (SSSR count). The molecule has 2 aromatic heterocycles. The Morgan fingerprint density at radius 1 is 1.12 bits per heavy atom. The lowest BCUT2D eigenvalue weighted by molar-refractivity contribution is 0.214.